The monoisotopic (exact) mass is 251 g/mol. The van der Waals surface area contributed by atoms with Crippen molar-refractivity contribution < 1.29 is 0 Å². The molecular weight excluding hydrogens is 222 g/mol. The molecule has 0 bridgehead atoms. The summed E-state index contributed by atoms with van der Waals surface area (Å²) in [6.07, 6.45) is 4.37. The van der Waals surface area contributed by atoms with Crippen LogP contribution in [0.15, 0.2) is 0 Å². The third-order valence-corrected chi connectivity index (χ3v) is 3.68. The molecule has 1 heterocycles. The van der Waals surface area contributed by atoms with E-state index in [-0.39, 0.29) is 0 Å². The summed E-state index contributed by atoms with van der Waals surface area (Å²) < 4.78 is 2.26. The maximum atomic E-state index is 4.84. The topological polar surface area (TPSA) is 29.9 Å². The second kappa shape index (κ2) is 7.57. The molecule has 18 heavy (non-hydrogen) atoms. The van der Waals surface area contributed by atoms with Crippen molar-refractivity contribution in [1.82, 2.24) is 15.1 Å². The summed E-state index contributed by atoms with van der Waals surface area (Å²) in [5, 5.41) is 8.25. The quantitative estimate of drug-likeness (QED) is 0.719. The Balaban J connectivity index is 3.00. The maximum Gasteiger partial charge on any atom is 0.0657 e. The van der Waals surface area contributed by atoms with Gasteiger partial charge in [0.1, 0.15) is 0 Å². The van der Waals surface area contributed by atoms with Crippen molar-refractivity contribution in [2.45, 2.75) is 66.3 Å². The first-order valence-electron chi connectivity index (χ1n) is 7.49. The van der Waals surface area contributed by atoms with Crippen LogP contribution < -0.4 is 5.32 Å². The van der Waals surface area contributed by atoms with Crippen molar-refractivity contribution in [3.8, 4) is 0 Å². The van der Waals surface area contributed by atoms with Crippen molar-refractivity contribution >= 4 is 0 Å². The fourth-order valence-corrected chi connectivity index (χ4v) is 2.43. The Morgan fingerprint density at radius 2 is 1.89 bits per heavy atom. The average molecular weight is 251 g/mol. The van der Waals surface area contributed by atoms with Gasteiger partial charge >= 0.3 is 0 Å². The first-order chi connectivity index (χ1) is 8.69. The van der Waals surface area contributed by atoms with Crippen LogP contribution >= 0.6 is 0 Å². The predicted octanol–water partition coefficient (Wildman–Crippen LogP) is 3.13. The molecule has 0 fully saturated rings. The summed E-state index contributed by atoms with van der Waals surface area (Å²) in [5.41, 5.74) is 4.23. The highest BCUT2D eigenvalue weighted by Crippen LogP contribution is 2.22. The molecule has 0 saturated heterocycles. The van der Waals surface area contributed by atoms with Crippen LogP contribution in [0.1, 0.15) is 64.0 Å². The van der Waals surface area contributed by atoms with Gasteiger partial charge in [-0.1, -0.05) is 27.7 Å². The third kappa shape index (κ3) is 3.35. The number of hydrogen-bond donors (Lipinski definition) is 1. The van der Waals surface area contributed by atoms with E-state index in [0.29, 0.717) is 6.04 Å². The number of rotatable bonds is 8. The average Bonchev–Trinajstić information content (AvgIpc) is 2.76. The molecule has 3 heteroatoms. The largest absolute Gasteiger partial charge is 0.317 e. The van der Waals surface area contributed by atoms with Gasteiger partial charge in [-0.05, 0) is 51.3 Å². The lowest BCUT2D eigenvalue weighted by molar-refractivity contribution is 0.458. The summed E-state index contributed by atoms with van der Waals surface area (Å²) in [6.45, 7) is 13.2. The van der Waals surface area contributed by atoms with Crippen molar-refractivity contribution in [2.75, 3.05) is 13.1 Å². The van der Waals surface area contributed by atoms with Crippen LogP contribution in [-0.2, 0) is 19.3 Å². The van der Waals surface area contributed by atoms with Crippen LogP contribution in [0.3, 0.4) is 0 Å². The normalized spacial score (nSPS) is 12.9. The van der Waals surface area contributed by atoms with Gasteiger partial charge in [-0.15, -0.1) is 0 Å². The van der Waals surface area contributed by atoms with Gasteiger partial charge in [-0.25, -0.2) is 0 Å². The van der Waals surface area contributed by atoms with Crippen molar-refractivity contribution in [3.05, 3.63) is 17.0 Å². The lowest BCUT2D eigenvalue weighted by Crippen LogP contribution is -2.17. The predicted molar refractivity (Wildman–Crippen MR) is 78.2 cm³/mol. The summed E-state index contributed by atoms with van der Waals surface area (Å²) in [4.78, 5) is 0. The number of nitrogens with zero attached hydrogens (tertiary/aromatic N) is 2. The molecule has 1 unspecified atom stereocenters. The van der Waals surface area contributed by atoms with E-state index < -0.39 is 0 Å². The van der Waals surface area contributed by atoms with Crippen LogP contribution in [0.5, 0.6) is 0 Å². The Kier molecular flexibility index (Phi) is 6.41. The maximum absolute atomic E-state index is 4.84. The molecule has 1 aromatic rings. The number of nitrogens with one attached hydrogen (secondary N) is 1. The van der Waals surface area contributed by atoms with Crippen LogP contribution in [-0.4, -0.2) is 22.9 Å². The van der Waals surface area contributed by atoms with Crippen molar-refractivity contribution in [3.63, 3.8) is 0 Å². The molecule has 0 amide bonds. The van der Waals surface area contributed by atoms with Gasteiger partial charge in [-0.2, -0.15) is 5.10 Å². The molecule has 0 aromatic carbocycles. The Bertz CT molecular complexity index is 355. The number of likely N-dealkylation sites (N-methyl/N-ethyl adjacent to an activating group) is 1. The van der Waals surface area contributed by atoms with Gasteiger partial charge in [0, 0.05) is 11.7 Å². The SMILES string of the molecule is CCNCCc1c(CC)nn(C(C)CC)c1CC. The fourth-order valence-electron chi connectivity index (χ4n) is 2.43. The molecule has 0 aliphatic heterocycles. The number of aromatic nitrogens is 2. The molecule has 1 atom stereocenters. The van der Waals surface area contributed by atoms with E-state index in [1.54, 1.807) is 0 Å². The van der Waals surface area contributed by atoms with E-state index in [9.17, 15) is 0 Å². The van der Waals surface area contributed by atoms with E-state index in [4.69, 9.17) is 5.10 Å². The number of aryl methyl sites for hydroxylation is 1. The molecule has 0 spiro atoms. The Morgan fingerprint density at radius 1 is 1.17 bits per heavy atom. The van der Waals surface area contributed by atoms with Crippen molar-refractivity contribution in [1.29, 1.82) is 0 Å². The van der Waals surface area contributed by atoms with E-state index in [1.165, 1.54) is 17.0 Å². The zero-order valence-corrected chi connectivity index (χ0v) is 12.7. The zero-order valence-electron chi connectivity index (χ0n) is 12.7. The smallest absolute Gasteiger partial charge is 0.0657 e. The highest BCUT2D eigenvalue weighted by Gasteiger charge is 2.17. The van der Waals surface area contributed by atoms with E-state index in [1.807, 2.05) is 0 Å². The molecule has 0 saturated carbocycles. The van der Waals surface area contributed by atoms with Crippen molar-refractivity contribution in [2.24, 2.45) is 0 Å². The first-order valence-corrected chi connectivity index (χ1v) is 7.49. The second-order valence-corrected chi connectivity index (χ2v) is 4.88. The molecule has 1 rings (SSSR count). The third-order valence-electron chi connectivity index (χ3n) is 3.68. The van der Waals surface area contributed by atoms with Gasteiger partial charge in [-0.3, -0.25) is 4.68 Å². The standard InChI is InChI=1S/C15H29N3/c1-6-12(5)18-15(8-3)13(10-11-16-9-4)14(7-2)17-18/h12,16H,6-11H2,1-5H3. The molecular formula is C15H29N3. The Hall–Kier alpha value is -0.830. The van der Waals surface area contributed by atoms with Gasteiger partial charge in [0.25, 0.3) is 0 Å². The van der Waals surface area contributed by atoms with Gasteiger partial charge in [0.2, 0.25) is 0 Å². The van der Waals surface area contributed by atoms with Crippen LogP contribution in [0, 0.1) is 0 Å². The van der Waals surface area contributed by atoms with E-state index in [2.05, 4.69) is 44.6 Å². The molecule has 104 valence electrons. The minimum Gasteiger partial charge on any atom is -0.317 e. The molecule has 1 N–H and O–H groups in total. The second-order valence-electron chi connectivity index (χ2n) is 4.88. The summed E-state index contributed by atoms with van der Waals surface area (Å²) in [5.74, 6) is 0. The Morgan fingerprint density at radius 3 is 2.39 bits per heavy atom. The highest BCUT2D eigenvalue weighted by atomic mass is 15.3. The van der Waals surface area contributed by atoms with Gasteiger partial charge in [0.15, 0.2) is 0 Å². The van der Waals surface area contributed by atoms with Crippen LogP contribution in [0.4, 0.5) is 0 Å². The lowest BCUT2D eigenvalue weighted by Gasteiger charge is -2.13. The highest BCUT2D eigenvalue weighted by molar-refractivity contribution is 5.27. The Labute approximate surface area is 112 Å². The molecule has 3 nitrogen and oxygen atoms in total. The molecule has 0 aliphatic carbocycles. The minimum absolute atomic E-state index is 0.512. The van der Waals surface area contributed by atoms with Crippen LogP contribution in [0.2, 0.25) is 0 Å². The summed E-state index contributed by atoms with van der Waals surface area (Å²) >= 11 is 0. The minimum atomic E-state index is 0.512. The summed E-state index contributed by atoms with van der Waals surface area (Å²) in [7, 11) is 0. The van der Waals surface area contributed by atoms with Gasteiger partial charge < -0.3 is 5.32 Å². The van der Waals surface area contributed by atoms with Gasteiger partial charge in [0.05, 0.1) is 5.69 Å². The first kappa shape index (κ1) is 15.2. The van der Waals surface area contributed by atoms with E-state index in [0.717, 1.165) is 38.8 Å². The lowest BCUT2D eigenvalue weighted by atomic mass is 10.1. The molecule has 0 radical (unpaired) electrons. The summed E-state index contributed by atoms with van der Waals surface area (Å²) in [6, 6.07) is 0.512. The van der Waals surface area contributed by atoms with Crippen LogP contribution in [0.25, 0.3) is 0 Å². The zero-order chi connectivity index (χ0) is 13.5. The fraction of sp³-hybridized carbons (Fsp3) is 0.800. The van der Waals surface area contributed by atoms with E-state index >= 15 is 0 Å². The molecule has 0 aliphatic rings. The molecule has 1 aromatic heterocycles. The number of hydrogen-bond acceptors (Lipinski definition) is 2.